The maximum atomic E-state index is 15.4. The van der Waals surface area contributed by atoms with Crippen molar-refractivity contribution in [2.24, 2.45) is 5.92 Å². The van der Waals surface area contributed by atoms with Crippen LogP contribution >= 0.6 is 22.9 Å². The monoisotopic (exact) mass is 483 g/mol. The number of aromatic nitrogens is 2. The zero-order valence-electron chi connectivity index (χ0n) is 18.2. The van der Waals surface area contributed by atoms with Crippen molar-refractivity contribution in [1.29, 1.82) is 0 Å². The molecule has 2 heterocycles. The molecule has 3 rings (SSSR count). The molecular weight excluding hydrogens is 457 g/mol. The van der Waals surface area contributed by atoms with Gasteiger partial charge in [-0.1, -0.05) is 38.1 Å². The lowest BCUT2D eigenvalue weighted by molar-refractivity contribution is 0.492. The summed E-state index contributed by atoms with van der Waals surface area (Å²) in [6.07, 6.45) is 3.87. The Labute approximate surface area is 192 Å². The van der Waals surface area contributed by atoms with Gasteiger partial charge >= 0.3 is 0 Å². The summed E-state index contributed by atoms with van der Waals surface area (Å²) in [5.74, 6) is -0.257. The van der Waals surface area contributed by atoms with E-state index >= 15 is 4.39 Å². The minimum absolute atomic E-state index is 0.0148. The average Bonchev–Trinajstić information content (AvgIpc) is 3.18. The highest BCUT2D eigenvalue weighted by molar-refractivity contribution is 7.91. The van der Waals surface area contributed by atoms with Crippen molar-refractivity contribution >= 4 is 33.0 Å². The van der Waals surface area contributed by atoms with Crippen molar-refractivity contribution in [3.8, 4) is 11.1 Å². The summed E-state index contributed by atoms with van der Waals surface area (Å²) in [4.78, 5) is 4.44. The summed E-state index contributed by atoms with van der Waals surface area (Å²) >= 11 is 7.05. The predicted molar refractivity (Wildman–Crippen MR) is 125 cm³/mol. The molecule has 0 aliphatic rings. The van der Waals surface area contributed by atoms with Gasteiger partial charge in [0.2, 0.25) is 5.28 Å². The summed E-state index contributed by atoms with van der Waals surface area (Å²) in [6.45, 7) is 9.77. The Morgan fingerprint density at radius 2 is 1.87 bits per heavy atom. The molecular formula is C22H27ClFN3O2S2. The number of halogens is 2. The SMILES string of the molecule is CC(C)Cc1sc(S(=O)(=O)NC(C)(C)C)c(-c2ccc(Cn3ccnc3Cl)cc2)c1F. The van der Waals surface area contributed by atoms with E-state index in [-0.39, 0.29) is 15.7 Å². The number of sulfonamides is 1. The zero-order chi connectivity index (χ0) is 23.0. The van der Waals surface area contributed by atoms with Gasteiger partial charge in [0.15, 0.2) is 0 Å². The van der Waals surface area contributed by atoms with Crippen LogP contribution in [-0.2, 0) is 23.0 Å². The Bertz CT molecular complexity index is 1160. The maximum Gasteiger partial charge on any atom is 0.251 e. The molecule has 0 unspecified atom stereocenters. The summed E-state index contributed by atoms with van der Waals surface area (Å²) in [6, 6.07) is 7.19. The minimum atomic E-state index is -3.89. The Hall–Kier alpha value is -1.74. The normalized spacial score (nSPS) is 12.6. The molecule has 0 amide bonds. The molecule has 5 nitrogen and oxygen atoms in total. The number of hydrogen-bond acceptors (Lipinski definition) is 4. The van der Waals surface area contributed by atoms with Gasteiger partial charge in [0, 0.05) is 34.9 Å². The first-order chi connectivity index (χ1) is 14.4. The highest BCUT2D eigenvalue weighted by atomic mass is 35.5. The van der Waals surface area contributed by atoms with Crippen LogP contribution < -0.4 is 4.72 Å². The van der Waals surface area contributed by atoms with Crippen LogP contribution in [0, 0.1) is 11.7 Å². The smallest absolute Gasteiger partial charge is 0.251 e. The van der Waals surface area contributed by atoms with Crippen LogP contribution in [0.5, 0.6) is 0 Å². The molecule has 0 bridgehead atoms. The highest BCUT2D eigenvalue weighted by Gasteiger charge is 2.31. The standard InChI is InChI=1S/C22H27ClFN3O2S2/c1-14(2)12-17-19(24)18(20(30-17)31(28,29)26-22(3,4)5)16-8-6-15(7-9-16)13-27-11-10-25-21(27)23/h6-11,14,26H,12-13H2,1-5H3. The number of nitrogens with zero attached hydrogens (tertiary/aromatic N) is 2. The number of rotatable bonds is 7. The van der Waals surface area contributed by atoms with Crippen LogP contribution in [0.15, 0.2) is 40.9 Å². The van der Waals surface area contributed by atoms with Gasteiger partial charge in [-0.15, -0.1) is 11.3 Å². The predicted octanol–water partition coefficient (Wildman–Crippen LogP) is 5.73. The zero-order valence-corrected chi connectivity index (χ0v) is 20.6. The third-order valence-corrected chi connectivity index (χ3v) is 8.20. The summed E-state index contributed by atoms with van der Waals surface area (Å²) in [5, 5.41) is 0.382. The molecule has 0 saturated carbocycles. The van der Waals surface area contributed by atoms with E-state index in [1.54, 1.807) is 49.9 Å². The molecule has 9 heteroatoms. The Morgan fingerprint density at radius 1 is 1.23 bits per heavy atom. The molecule has 0 fully saturated rings. The van der Waals surface area contributed by atoms with Crippen LogP contribution in [0.2, 0.25) is 5.28 Å². The van der Waals surface area contributed by atoms with Gasteiger partial charge in [-0.2, -0.15) is 0 Å². The largest absolute Gasteiger partial charge is 0.317 e. The van der Waals surface area contributed by atoms with E-state index in [9.17, 15) is 8.42 Å². The molecule has 0 radical (unpaired) electrons. The molecule has 3 aromatic rings. The van der Waals surface area contributed by atoms with Crippen molar-refractivity contribution in [3.05, 3.63) is 58.2 Å². The molecule has 0 aliphatic carbocycles. The van der Waals surface area contributed by atoms with Gasteiger partial charge in [-0.3, -0.25) is 0 Å². The van der Waals surface area contributed by atoms with Crippen LogP contribution in [0.1, 0.15) is 45.1 Å². The van der Waals surface area contributed by atoms with E-state index in [2.05, 4.69) is 9.71 Å². The topological polar surface area (TPSA) is 64.0 Å². The van der Waals surface area contributed by atoms with Gasteiger partial charge in [0.1, 0.15) is 10.0 Å². The van der Waals surface area contributed by atoms with E-state index in [4.69, 9.17) is 11.6 Å². The first kappa shape index (κ1) is 23.9. The van der Waals surface area contributed by atoms with Crippen molar-refractivity contribution in [3.63, 3.8) is 0 Å². The fourth-order valence-electron chi connectivity index (χ4n) is 3.22. The molecule has 0 spiro atoms. The van der Waals surface area contributed by atoms with Crippen molar-refractivity contribution in [2.75, 3.05) is 0 Å². The molecule has 0 saturated heterocycles. The second kappa shape index (κ2) is 9.02. The fourth-order valence-corrected chi connectivity index (χ4v) is 6.78. The van der Waals surface area contributed by atoms with Crippen molar-refractivity contribution in [2.45, 2.75) is 57.3 Å². The van der Waals surface area contributed by atoms with Crippen molar-refractivity contribution < 1.29 is 12.8 Å². The van der Waals surface area contributed by atoms with Crippen LogP contribution in [0.4, 0.5) is 4.39 Å². The lowest BCUT2D eigenvalue weighted by atomic mass is 10.0. The Balaban J connectivity index is 2.04. The number of benzene rings is 1. The number of nitrogens with one attached hydrogen (secondary N) is 1. The number of imidazole rings is 1. The molecule has 2 aromatic heterocycles. The number of hydrogen-bond donors (Lipinski definition) is 1. The molecule has 1 N–H and O–H groups in total. The Kier molecular flexibility index (Phi) is 6.96. The summed E-state index contributed by atoms with van der Waals surface area (Å²) in [7, 11) is -3.89. The first-order valence-electron chi connectivity index (χ1n) is 9.98. The first-order valence-corrected chi connectivity index (χ1v) is 12.7. The van der Waals surface area contributed by atoms with E-state index < -0.39 is 21.4 Å². The van der Waals surface area contributed by atoms with E-state index in [0.29, 0.717) is 28.7 Å². The van der Waals surface area contributed by atoms with E-state index in [0.717, 1.165) is 16.9 Å². The minimum Gasteiger partial charge on any atom is -0.317 e. The van der Waals surface area contributed by atoms with E-state index in [1.807, 2.05) is 26.0 Å². The molecule has 168 valence electrons. The highest BCUT2D eigenvalue weighted by Crippen LogP contribution is 2.40. The van der Waals surface area contributed by atoms with Gasteiger partial charge < -0.3 is 4.57 Å². The second-order valence-corrected chi connectivity index (χ2v) is 12.3. The molecule has 0 aliphatic heterocycles. The molecule has 31 heavy (non-hydrogen) atoms. The van der Waals surface area contributed by atoms with Gasteiger partial charge in [-0.05, 0) is 55.8 Å². The third-order valence-electron chi connectivity index (χ3n) is 4.42. The van der Waals surface area contributed by atoms with Gasteiger partial charge in [-0.25, -0.2) is 22.5 Å². The fraction of sp³-hybridized carbons (Fsp3) is 0.409. The molecule has 1 aromatic carbocycles. The van der Waals surface area contributed by atoms with Crippen molar-refractivity contribution in [1.82, 2.24) is 14.3 Å². The third kappa shape index (κ3) is 5.74. The van der Waals surface area contributed by atoms with Crippen LogP contribution in [0.25, 0.3) is 11.1 Å². The maximum absolute atomic E-state index is 15.4. The summed E-state index contributed by atoms with van der Waals surface area (Å²) in [5.41, 5.74) is 0.921. The molecule has 0 atom stereocenters. The average molecular weight is 484 g/mol. The number of thiophene rings is 1. The second-order valence-electron chi connectivity index (χ2n) is 8.98. The lowest BCUT2D eigenvalue weighted by Gasteiger charge is -2.20. The van der Waals surface area contributed by atoms with E-state index in [1.165, 1.54) is 0 Å². The quantitative estimate of drug-likeness (QED) is 0.467. The van der Waals surface area contributed by atoms with Crippen LogP contribution in [-0.4, -0.2) is 23.5 Å². The summed E-state index contributed by atoms with van der Waals surface area (Å²) < 4.78 is 46.1. The van der Waals surface area contributed by atoms with Crippen LogP contribution in [0.3, 0.4) is 0 Å². The Morgan fingerprint density at radius 3 is 2.39 bits per heavy atom. The lowest BCUT2D eigenvalue weighted by Crippen LogP contribution is -2.40. The van der Waals surface area contributed by atoms with Gasteiger partial charge in [0.25, 0.3) is 10.0 Å². The van der Waals surface area contributed by atoms with Gasteiger partial charge in [0.05, 0.1) is 0 Å².